The van der Waals surface area contributed by atoms with E-state index in [1.807, 2.05) is 20.8 Å². The summed E-state index contributed by atoms with van der Waals surface area (Å²) >= 11 is 0. The van der Waals surface area contributed by atoms with Crippen LogP contribution in [0.1, 0.15) is 58.1 Å². The van der Waals surface area contributed by atoms with Gasteiger partial charge in [-0.15, -0.1) is 0 Å². The smallest absolute Gasteiger partial charge is 0.408 e. The second kappa shape index (κ2) is 7.35. The molecule has 0 aromatic heterocycles. The zero-order chi connectivity index (χ0) is 17.0. The lowest BCUT2D eigenvalue weighted by molar-refractivity contribution is 0.0955. The van der Waals surface area contributed by atoms with Gasteiger partial charge < -0.3 is 5.11 Å². The van der Waals surface area contributed by atoms with Crippen molar-refractivity contribution in [3.8, 4) is 0 Å². The van der Waals surface area contributed by atoms with Crippen molar-refractivity contribution in [1.82, 2.24) is 9.80 Å². The minimum absolute atomic E-state index is 0.395. The maximum absolute atomic E-state index is 11.4. The van der Waals surface area contributed by atoms with Gasteiger partial charge in [0.15, 0.2) is 0 Å². The van der Waals surface area contributed by atoms with Crippen LogP contribution in [0.3, 0.4) is 0 Å². The van der Waals surface area contributed by atoms with Gasteiger partial charge in [-0.3, -0.25) is 9.80 Å². The predicted octanol–water partition coefficient (Wildman–Crippen LogP) is 4.34. The van der Waals surface area contributed by atoms with Crippen molar-refractivity contribution >= 4 is 6.09 Å². The molecule has 1 aromatic carbocycles. The van der Waals surface area contributed by atoms with Gasteiger partial charge in [-0.25, -0.2) is 4.79 Å². The topological polar surface area (TPSA) is 43.8 Å². The Morgan fingerprint density at radius 3 is 2.35 bits per heavy atom. The van der Waals surface area contributed by atoms with Gasteiger partial charge in [0.25, 0.3) is 0 Å². The van der Waals surface area contributed by atoms with Crippen molar-refractivity contribution < 1.29 is 9.90 Å². The van der Waals surface area contributed by atoms with Gasteiger partial charge in [-0.05, 0) is 58.2 Å². The van der Waals surface area contributed by atoms with Crippen LogP contribution < -0.4 is 0 Å². The summed E-state index contributed by atoms with van der Waals surface area (Å²) in [4.78, 5) is 15.5. The van der Waals surface area contributed by atoms with Gasteiger partial charge >= 0.3 is 6.09 Å². The van der Waals surface area contributed by atoms with Gasteiger partial charge in [0.2, 0.25) is 0 Å². The molecule has 0 saturated carbocycles. The average Bonchev–Trinajstić information content (AvgIpc) is 2.47. The molecule has 4 heteroatoms. The molecule has 1 N–H and O–H groups in total. The maximum atomic E-state index is 11.4. The summed E-state index contributed by atoms with van der Waals surface area (Å²) in [5.41, 5.74) is 1.95. The second-order valence-electron chi connectivity index (χ2n) is 7.67. The number of amides is 1. The van der Waals surface area contributed by atoms with Crippen LogP contribution in [0.2, 0.25) is 0 Å². The number of benzene rings is 1. The molecule has 2 rings (SSSR count). The zero-order valence-corrected chi connectivity index (χ0v) is 14.9. The maximum Gasteiger partial charge on any atom is 0.408 e. The van der Waals surface area contributed by atoms with Crippen LogP contribution >= 0.6 is 0 Å². The molecule has 0 bridgehead atoms. The standard InChI is InChI=1S/C19H30N2O2/c1-15-7-5-6-12-20(15)13-16-8-10-17(11-9-16)14-21(18(22)23)19(2,3)4/h8-11,15H,5-7,12-14H2,1-4H3,(H,22,23). The van der Waals surface area contributed by atoms with Crippen molar-refractivity contribution in [2.45, 2.75) is 71.6 Å². The van der Waals surface area contributed by atoms with Crippen LogP contribution in [0.5, 0.6) is 0 Å². The first-order valence-electron chi connectivity index (χ1n) is 8.60. The summed E-state index contributed by atoms with van der Waals surface area (Å²) < 4.78 is 0. The number of carboxylic acid groups (broad SMARTS) is 1. The molecule has 0 spiro atoms. The van der Waals surface area contributed by atoms with E-state index in [4.69, 9.17) is 0 Å². The van der Waals surface area contributed by atoms with Crippen LogP contribution in [0.25, 0.3) is 0 Å². The largest absolute Gasteiger partial charge is 0.465 e. The summed E-state index contributed by atoms with van der Waals surface area (Å²) in [6, 6.07) is 9.06. The van der Waals surface area contributed by atoms with Crippen LogP contribution in [-0.2, 0) is 13.1 Å². The third-order valence-corrected chi connectivity index (χ3v) is 4.73. The lowest BCUT2D eigenvalue weighted by Crippen LogP contribution is -2.44. The predicted molar refractivity (Wildman–Crippen MR) is 93.5 cm³/mol. The van der Waals surface area contributed by atoms with Gasteiger partial charge in [-0.2, -0.15) is 0 Å². The van der Waals surface area contributed by atoms with Gasteiger partial charge in [0.1, 0.15) is 0 Å². The Bertz CT molecular complexity index is 519. The fourth-order valence-corrected chi connectivity index (χ4v) is 3.15. The summed E-state index contributed by atoms with van der Waals surface area (Å²) in [6.45, 7) is 10.7. The molecule has 1 unspecified atom stereocenters. The minimum Gasteiger partial charge on any atom is -0.465 e. The molecule has 128 valence electrons. The number of piperidine rings is 1. The van der Waals surface area contributed by atoms with Gasteiger partial charge in [-0.1, -0.05) is 30.7 Å². The van der Waals surface area contributed by atoms with Crippen molar-refractivity contribution in [1.29, 1.82) is 0 Å². The molecular weight excluding hydrogens is 288 g/mol. The van der Waals surface area contributed by atoms with Gasteiger partial charge in [0.05, 0.1) is 0 Å². The van der Waals surface area contributed by atoms with E-state index in [-0.39, 0.29) is 0 Å². The van der Waals surface area contributed by atoms with Crippen LogP contribution in [-0.4, -0.2) is 39.1 Å². The lowest BCUT2D eigenvalue weighted by atomic mass is 10.0. The molecule has 1 heterocycles. The van der Waals surface area contributed by atoms with Crippen molar-refractivity contribution in [2.75, 3.05) is 6.54 Å². The SMILES string of the molecule is CC1CCCCN1Cc1ccc(CN(C(=O)O)C(C)(C)C)cc1. The number of nitrogens with zero attached hydrogens (tertiary/aromatic N) is 2. The molecule has 1 aliphatic heterocycles. The number of hydrogen-bond acceptors (Lipinski definition) is 2. The highest BCUT2D eigenvalue weighted by atomic mass is 16.4. The second-order valence-corrected chi connectivity index (χ2v) is 7.67. The molecule has 4 nitrogen and oxygen atoms in total. The molecule has 1 saturated heterocycles. The Morgan fingerprint density at radius 2 is 1.83 bits per heavy atom. The highest BCUT2D eigenvalue weighted by molar-refractivity contribution is 5.66. The summed E-state index contributed by atoms with van der Waals surface area (Å²) in [5, 5.41) is 9.39. The lowest BCUT2D eigenvalue weighted by Gasteiger charge is -2.34. The number of likely N-dealkylation sites (tertiary alicyclic amines) is 1. The molecule has 0 radical (unpaired) electrons. The van der Waals surface area contributed by atoms with Gasteiger partial charge in [0, 0.05) is 24.7 Å². The minimum atomic E-state index is -0.872. The van der Waals surface area contributed by atoms with E-state index in [1.165, 1.54) is 36.3 Å². The van der Waals surface area contributed by atoms with Crippen molar-refractivity contribution in [3.63, 3.8) is 0 Å². The Labute approximate surface area is 140 Å². The Morgan fingerprint density at radius 1 is 1.22 bits per heavy atom. The molecule has 1 aromatic rings. The number of rotatable bonds is 4. The molecule has 23 heavy (non-hydrogen) atoms. The molecule has 1 amide bonds. The van der Waals surface area contributed by atoms with E-state index in [2.05, 4.69) is 36.1 Å². The first kappa shape index (κ1) is 17.8. The molecule has 0 aliphatic carbocycles. The van der Waals surface area contributed by atoms with Crippen molar-refractivity contribution in [2.24, 2.45) is 0 Å². The molecular formula is C19H30N2O2. The van der Waals surface area contributed by atoms with E-state index in [9.17, 15) is 9.90 Å². The highest BCUT2D eigenvalue weighted by Crippen LogP contribution is 2.21. The van der Waals surface area contributed by atoms with Crippen molar-refractivity contribution in [3.05, 3.63) is 35.4 Å². The van der Waals surface area contributed by atoms with Crippen LogP contribution in [0, 0.1) is 0 Å². The zero-order valence-electron chi connectivity index (χ0n) is 14.9. The van der Waals surface area contributed by atoms with E-state index in [0.29, 0.717) is 12.6 Å². The van der Waals surface area contributed by atoms with E-state index < -0.39 is 11.6 Å². The molecule has 1 fully saturated rings. The highest BCUT2D eigenvalue weighted by Gasteiger charge is 2.26. The summed E-state index contributed by atoms with van der Waals surface area (Å²) in [5.74, 6) is 0. The number of carbonyl (C=O) groups is 1. The first-order chi connectivity index (χ1) is 10.8. The summed E-state index contributed by atoms with van der Waals surface area (Å²) in [6.07, 6.45) is 3.05. The normalized spacial score (nSPS) is 19.6. The summed E-state index contributed by atoms with van der Waals surface area (Å²) in [7, 11) is 0. The fraction of sp³-hybridized carbons (Fsp3) is 0.632. The molecule has 1 aliphatic rings. The average molecular weight is 318 g/mol. The Hall–Kier alpha value is -1.55. The first-order valence-corrected chi connectivity index (χ1v) is 8.60. The Kier molecular flexibility index (Phi) is 5.69. The Balaban J connectivity index is 2.00. The third kappa shape index (κ3) is 4.96. The molecule has 1 atom stereocenters. The fourth-order valence-electron chi connectivity index (χ4n) is 3.15. The monoisotopic (exact) mass is 318 g/mol. The van der Waals surface area contributed by atoms with Crippen LogP contribution in [0.4, 0.5) is 4.79 Å². The van der Waals surface area contributed by atoms with E-state index in [1.54, 1.807) is 0 Å². The van der Waals surface area contributed by atoms with Crippen LogP contribution in [0.15, 0.2) is 24.3 Å². The number of hydrogen-bond donors (Lipinski definition) is 1. The van der Waals surface area contributed by atoms with E-state index >= 15 is 0 Å². The third-order valence-electron chi connectivity index (χ3n) is 4.73. The quantitative estimate of drug-likeness (QED) is 0.898. The van der Waals surface area contributed by atoms with E-state index in [0.717, 1.165) is 12.1 Å².